The van der Waals surface area contributed by atoms with E-state index in [1.807, 2.05) is 0 Å². The highest BCUT2D eigenvalue weighted by molar-refractivity contribution is 7.89. The quantitative estimate of drug-likeness (QED) is 0.636. The van der Waals surface area contributed by atoms with Crippen LogP contribution in [0.4, 0.5) is 0 Å². The molecule has 0 rings (SSSR count). The Labute approximate surface area is 73.6 Å². The zero-order valence-electron chi connectivity index (χ0n) is 7.86. The topological polar surface area (TPSA) is 54.5 Å². The third-order valence-corrected chi connectivity index (χ3v) is 3.29. The lowest BCUT2D eigenvalue weighted by Gasteiger charge is -2.11. The molecule has 0 amide bonds. The summed E-state index contributed by atoms with van der Waals surface area (Å²) < 4.78 is 23.4. The van der Waals surface area contributed by atoms with Crippen LogP contribution < -0.4 is 0 Å². The van der Waals surface area contributed by atoms with Gasteiger partial charge in [0.2, 0.25) is 10.0 Å². The molecule has 5 heteroatoms. The van der Waals surface area contributed by atoms with E-state index in [1.165, 1.54) is 14.1 Å². The van der Waals surface area contributed by atoms with Crippen molar-refractivity contribution in [3.63, 3.8) is 0 Å². The molecule has 0 aromatic carbocycles. The Hall–Kier alpha value is -0.420. The monoisotopic (exact) mass is 193 g/mol. The molecule has 0 aliphatic rings. The van der Waals surface area contributed by atoms with Gasteiger partial charge in [0.1, 0.15) is 5.75 Å². The molecule has 0 heterocycles. The summed E-state index contributed by atoms with van der Waals surface area (Å²) in [6.07, 6.45) is 0. The fourth-order valence-corrected chi connectivity index (χ4v) is 1.43. The van der Waals surface area contributed by atoms with Gasteiger partial charge in [-0.05, 0) is 0 Å². The summed E-state index contributed by atoms with van der Waals surface area (Å²) >= 11 is 0. The van der Waals surface area contributed by atoms with E-state index >= 15 is 0 Å². The molecule has 0 bridgehead atoms. The average Bonchev–Trinajstić information content (AvgIpc) is 1.85. The molecule has 0 aliphatic heterocycles. The second-order valence-electron chi connectivity index (χ2n) is 3.16. The van der Waals surface area contributed by atoms with E-state index in [2.05, 4.69) is 0 Å². The summed E-state index contributed by atoms with van der Waals surface area (Å²) in [7, 11) is -0.519. The number of rotatable bonds is 4. The van der Waals surface area contributed by atoms with Crippen LogP contribution in [0.25, 0.3) is 0 Å². The number of carbonyl (C=O) groups is 1. The number of sulfonamides is 1. The average molecular weight is 193 g/mol. The van der Waals surface area contributed by atoms with Crippen molar-refractivity contribution < 1.29 is 13.2 Å². The van der Waals surface area contributed by atoms with Crippen molar-refractivity contribution >= 4 is 15.8 Å². The highest BCUT2D eigenvalue weighted by Crippen LogP contribution is 2.01. The maximum absolute atomic E-state index is 11.2. The summed E-state index contributed by atoms with van der Waals surface area (Å²) in [6, 6.07) is 0. The van der Waals surface area contributed by atoms with Gasteiger partial charge in [-0.1, -0.05) is 13.8 Å². The molecule has 0 aliphatic carbocycles. The van der Waals surface area contributed by atoms with E-state index in [-0.39, 0.29) is 11.7 Å². The van der Waals surface area contributed by atoms with Crippen LogP contribution >= 0.6 is 0 Å². The molecule has 0 saturated heterocycles. The molecule has 0 fully saturated rings. The van der Waals surface area contributed by atoms with Crippen molar-refractivity contribution in [2.45, 2.75) is 13.8 Å². The zero-order valence-corrected chi connectivity index (χ0v) is 8.68. The van der Waals surface area contributed by atoms with Crippen molar-refractivity contribution in [2.75, 3.05) is 19.8 Å². The Morgan fingerprint density at radius 3 is 2.00 bits per heavy atom. The summed E-state index contributed by atoms with van der Waals surface area (Å²) in [4.78, 5) is 11.1. The lowest BCUT2D eigenvalue weighted by Crippen LogP contribution is -2.30. The molecular formula is C7H15NO3S. The molecule has 72 valence electrons. The molecule has 0 aromatic rings. The fraction of sp³-hybridized carbons (Fsp3) is 0.857. The van der Waals surface area contributed by atoms with Crippen molar-refractivity contribution in [3.8, 4) is 0 Å². The lowest BCUT2D eigenvalue weighted by molar-refractivity contribution is -0.119. The first-order chi connectivity index (χ1) is 5.27. The van der Waals surface area contributed by atoms with Crippen LogP contribution in [0.5, 0.6) is 0 Å². The molecule has 0 saturated carbocycles. The Morgan fingerprint density at radius 2 is 1.75 bits per heavy atom. The van der Waals surface area contributed by atoms with Gasteiger partial charge in [-0.2, -0.15) is 0 Å². The van der Waals surface area contributed by atoms with Crippen LogP contribution in [0.15, 0.2) is 0 Å². The number of hydrogen-bond donors (Lipinski definition) is 0. The second-order valence-corrected chi connectivity index (χ2v) is 5.34. The van der Waals surface area contributed by atoms with Crippen LogP contribution in [-0.2, 0) is 14.8 Å². The van der Waals surface area contributed by atoms with E-state index in [0.717, 1.165) is 4.31 Å². The molecule has 0 radical (unpaired) electrons. The van der Waals surface area contributed by atoms with E-state index in [1.54, 1.807) is 13.8 Å². The molecule has 0 spiro atoms. The van der Waals surface area contributed by atoms with Crippen molar-refractivity contribution in [3.05, 3.63) is 0 Å². The van der Waals surface area contributed by atoms with E-state index in [4.69, 9.17) is 0 Å². The predicted octanol–water partition coefficient (Wildman–Crippen LogP) is 0.103. The molecule has 0 unspecified atom stereocenters. The Balaban J connectivity index is 4.38. The van der Waals surface area contributed by atoms with Gasteiger partial charge in [0, 0.05) is 20.0 Å². The van der Waals surface area contributed by atoms with Crippen LogP contribution in [0.2, 0.25) is 0 Å². The molecule has 0 atom stereocenters. The Bertz CT molecular complexity index is 254. The minimum Gasteiger partial charge on any atom is -0.298 e. The van der Waals surface area contributed by atoms with Crippen molar-refractivity contribution in [2.24, 2.45) is 5.92 Å². The van der Waals surface area contributed by atoms with Gasteiger partial charge >= 0.3 is 0 Å². The summed E-state index contributed by atoms with van der Waals surface area (Å²) in [5.41, 5.74) is 0. The minimum atomic E-state index is -3.36. The standard InChI is InChI=1S/C7H15NO3S/c1-6(2)7(9)5-12(10,11)8(3)4/h6H,5H2,1-4H3. The molecule has 12 heavy (non-hydrogen) atoms. The molecule has 4 nitrogen and oxygen atoms in total. The van der Waals surface area contributed by atoms with Gasteiger partial charge < -0.3 is 0 Å². The van der Waals surface area contributed by atoms with Gasteiger partial charge in [0.15, 0.2) is 5.78 Å². The third-order valence-electron chi connectivity index (χ3n) is 1.52. The first kappa shape index (κ1) is 11.6. The molecule has 0 aromatic heterocycles. The summed E-state index contributed by atoms with van der Waals surface area (Å²) in [5, 5.41) is 0. The van der Waals surface area contributed by atoms with Crippen LogP contribution in [0.1, 0.15) is 13.8 Å². The first-order valence-electron chi connectivity index (χ1n) is 3.70. The highest BCUT2D eigenvalue weighted by atomic mass is 32.2. The van der Waals surface area contributed by atoms with Gasteiger partial charge in [0.25, 0.3) is 0 Å². The van der Waals surface area contributed by atoms with E-state index < -0.39 is 15.8 Å². The van der Waals surface area contributed by atoms with Crippen LogP contribution in [0, 0.1) is 5.92 Å². The van der Waals surface area contributed by atoms with Gasteiger partial charge in [0.05, 0.1) is 0 Å². The predicted molar refractivity (Wildman–Crippen MR) is 47.3 cm³/mol. The Morgan fingerprint density at radius 1 is 1.33 bits per heavy atom. The number of nitrogens with zero attached hydrogens (tertiary/aromatic N) is 1. The van der Waals surface area contributed by atoms with Crippen LogP contribution in [0.3, 0.4) is 0 Å². The smallest absolute Gasteiger partial charge is 0.220 e. The number of ketones is 1. The first-order valence-corrected chi connectivity index (χ1v) is 5.31. The molecule has 0 N–H and O–H groups in total. The maximum atomic E-state index is 11.2. The lowest BCUT2D eigenvalue weighted by atomic mass is 10.1. The summed E-state index contributed by atoms with van der Waals surface area (Å²) in [5.74, 6) is -0.860. The van der Waals surface area contributed by atoms with Crippen LogP contribution in [-0.4, -0.2) is 38.4 Å². The van der Waals surface area contributed by atoms with Gasteiger partial charge in [-0.25, -0.2) is 12.7 Å². The van der Waals surface area contributed by atoms with Gasteiger partial charge in [-0.15, -0.1) is 0 Å². The summed E-state index contributed by atoms with van der Waals surface area (Å²) in [6.45, 7) is 3.38. The highest BCUT2D eigenvalue weighted by Gasteiger charge is 2.20. The Kier molecular flexibility index (Phi) is 3.86. The normalized spacial score (nSPS) is 12.5. The van der Waals surface area contributed by atoms with E-state index in [9.17, 15) is 13.2 Å². The number of hydrogen-bond acceptors (Lipinski definition) is 3. The minimum absolute atomic E-state index is 0.222. The maximum Gasteiger partial charge on any atom is 0.220 e. The SMILES string of the molecule is CC(C)C(=O)CS(=O)(=O)N(C)C. The molecular weight excluding hydrogens is 178 g/mol. The zero-order chi connectivity index (χ0) is 9.94. The fourth-order valence-electron chi connectivity index (χ4n) is 0.476. The second kappa shape index (κ2) is 4.00. The third kappa shape index (κ3) is 3.32. The largest absolute Gasteiger partial charge is 0.298 e. The van der Waals surface area contributed by atoms with Crippen molar-refractivity contribution in [1.82, 2.24) is 4.31 Å². The van der Waals surface area contributed by atoms with Gasteiger partial charge in [-0.3, -0.25) is 4.79 Å². The number of carbonyl (C=O) groups excluding carboxylic acids is 1. The number of Topliss-reactive ketones (excluding diaryl/α,β-unsaturated/α-hetero) is 1. The van der Waals surface area contributed by atoms with Crippen molar-refractivity contribution in [1.29, 1.82) is 0 Å². The van der Waals surface area contributed by atoms with E-state index in [0.29, 0.717) is 0 Å².